The Morgan fingerprint density at radius 2 is 1.86 bits per heavy atom. The molecule has 3 aromatic carbocycles. The molecule has 3 heterocycles. The van der Waals surface area contributed by atoms with Crippen LogP contribution in [-0.4, -0.2) is 30.2 Å². The lowest BCUT2D eigenvalue weighted by molar-refractivity contribution is -0.139. The lowest BCUT2D eigenvalue weighted by atomic mass is 9.95. The van der Waals surface area contributed by atoms with E-state index < -0.39 is 17.6 Å². The van der Waals surface area contributed by atoms with Gasteiger partial charge in [0.15, 0.2) is 4.80 Å². The topological polar surface area (TPSA) is 90.2 Å². The molecule has 0 N–H and O–H groups in total. The Hall–Kier alpha value is -3.99. The van der Waals surface area contributed by atoms with E-state index in [0.717, 1.165) is 21.4 Å². The Balaban J connectivity index is 1.63. The van der Waals surface area contributed by atoms with Crippen LogP contribution in [0.1, 0.15) is 36.6 Å². The van der Waals surface area contributed by atoms with Gasteiger partial charge in [0.05, 0.1) is 42.8 Å². The lowest BCUT2D eigenvalue weighted by Gasteiger charge is -2.26. The number of allylic oxidation sites excluding steroid dienone is 1. The monoisotopic (exact) mass is 677 g/mol. The quantitative estimate of drug-likeness (QED) is 0.264. The van der Waals surface area contributed by atoms with Crippen LogP contribution in [0, 0.1) is 0 Å². The summed E-state index contributed by atoms with van der Waals surface area (Å²) >= 11 is 11.1. The van der Waals surface area contributed by atoms with Crippen molar-refractivity contribution >= 4 is 62.0 Å². The number of nitrogens with zero attached hydrogens (tertiary/aromatic N) is 3. The minimum absolute atomic E-state index is 0.140. The molecule has 1 amide bonds. The molecule has 2 aliphatic rings. The first kappa shape index (κ1) is 29.1. The van der Waals surface area contributed by atoms with Crippen molar-refractivity contribution in [1.29, 1.82) is 0 Å². The number of ether oxygens (including phenoxy) is 2. The summed E-state index contributed by atoms with van der Waals surface area (Å²) in [6.45, 7) is 3.89. The smallest absolute Gasteiger partial charge is 0.338 e. The number of esters is 1. The molecule has 1 atom stereocenters. The van der Waals surface area contributed by atoms with Gasteiger partial charge < -0.3 is 14.4 Å². The number of halogens is 2. The second-order valence-corrected chi connectivity index (χ2v) is 12.3. The maximum Gasteiger partial charge on any atom is 0.338 e. The molecule has 0 radical (unpaired) electrons. The first-order valence-corrected chi connectivity index (χ1v) is 15.4. The van der Waals surface area contributed by atoms with Gasteiger partial charge in [-0.25, -0.2) is 9.79 Å². The van der Waals surface area contributed by atoms with Gasteiger partial charge in [-0.2, -0.15) is 0 Å². The summed E-state index contributed by atoms with van der Waals surface area (Å²) in [5.74, 6) is -0.459. The van der Waals surface area contributed by atoms with Crippen LogP contribution in [0.15, 0.2) is 92.3 Å². The van der Waals surface area contributed by atoms with Crippen LogP contribution in [0.5, 0.6) is 5.75 Å². The Labute approximate surface area is 264 Å². The number of thiazole rings is 1. The minimum atomic E-state index is -0.947. The van der Waals surface area contributed by atoms with E-state index in [9.17, 15) is 14.4 Å². The van der Waals surface area contributed by atoms with E-state index in [2.05, 4.69) is 20.9 Å². The zero-order valence-electron chi connectivity index (χ0n) is 23.4. The Morgan fingerprint density at radius 3 is 2.58 bits per heavy atom. The highest BCUT2D eigenvalue weighted by molar-refractivity contribution is 9.10. The molecular formula is C32H25BrClN3O5S. The van der Waals surface area contributed by atoms with Gasteiger partial charge in [-0.05, 0) is 55.8 Å². The van der Waals surface area contributed by atoms with Crippen LogP contribution >= 0.6 is 38.9 Å². The first-order chi connectivity index (χ1) is 20.7. The molecule has 0 fully saturated rings. The minimum Gasteiger partial charge on any atom is -0.496 e. The number of benzene rings is 3. The van der Waals surface area contributed by atoms with Crippen molar-refractivity contribution in [3.05, 3.63) is 124 Å². The Morgan fingerprint density at radius 1 is 1.09 bits per heavy atom. The molecule has 0 saturated heterocycles. The van der Waals surface area contributed by atoms with Crippen molar-refractivity contribution in [3.63, 3.8) is 0 Å². The van der Waals surface area contributed by atoms with E-state index in [-0.39, 0.29) is 28.2 Å². The highest BCUT2D eigenvalue weighted by Crippen LogP contribution is 2.39. The highest BCUT2D eigenvalue weighted by atomic mass is 79.9. The molecule has 218 valence electrons. The number of hydrogen-bond acceptors (Lipinski definition) is 7. The predicted molar refractivity (Wildman–Crippen MR) is 169 cm³/mol. The largest absolute Gasteiger partial charge is 0.496 e. The van der Waals surface area contributed by atoms with Crippen molar-refractivity contribution in [2.45, 2.75) is 26.4 Å². The van der Waals surface area contributed by atoms with Gasteiger partial charge in [0, 0.05) is 20.6 Å². The fourth-order valence-electron chi connectivity index (χ4n) is 5.50. The molecule has 0 spiro atoms. The maximum atomic E-state index is 14.5. The third-order valence-electron chi connectivity index (χ3n) is 7.37. The number of amides is 1. The molecule has 2 aliphatic heterocycles. The van der Waals surface area contributed by atoms with Gasteiger partial charge in [0.2, 0.25) is 0 Å². The van der Waals surface area contributed by atoms with Crippen molar-refractivity contribution in [2.24, 2.45) is 4.99 Å². The van der Waals surface area contributed by atoms with Crippen LogP contribution in [0.2, 0.25) is 5.02 Å². The summed E-state index contributed by atoms with van der Waals surface area (Å²) in [5.41, 5.74) is 3.21. The van der Waals surface area contributed by atoms with Crippen LogP contribution in [0.4, 0.5) is 5.69 Å². The van der Waals surface area contributed by atoms with E-state index in [1.54, 1.807) is 36.9 Å². The Kier molecular flexibility index (Phi) is 7.85. The number of anilines is 1. The summed E-state index contributed by atoms with van der Waals surface area (Å²) in [7, 11) is 1.51. The Bertz CT molecular complexity index is 2020. The normalized spacial score (nSPS) is 17.0. The third-order valence-corrected chi connectivity index (χ3v) is 9.15. The zero-order chi connectivity index (χ0) is 30.4. The fraction of sp³-hybridized carbons (Fsp3) is 0.188. The summed E-state index contributed by atoms with van der Waals surface area (Å²) in [5, 5.41) is 0.403. The maximum absolute atomic E-state index is 14.5. The highest BCUT2D eigenvalue weighted by Gasteiger charge is 2.38. The third kappa shape index (κ3) is 5.03. The second kappa shape index (κ2) is 11.6. The van der Waals surface area contributed by atoms with Crippen molar-refractivity contribution < 1.29 is 19.1 Å². The average molecular weight is 679 g/mol. The van der Waals surface area contributed by atoms with Crippen LogP contribution < -0.4 is 24.5 Å². The van der Waals surface area contributed by atoms with Crippen LogP contribution in [0.25, 0.3) is 5.57 Å². The zero-order valence-corrected chi connectivity index (χ0v) is 26.5. The molecule has 4 aromatic rings. The first-order valence-electron chi connectivity index (χ1n) is 13.4. The van der Waals surface area contributed by atoms with Crippen LogP contribution in [-0.2, 0) is 20.9 Å². The molecule has 1 aromatic heterocycles. The van der Waals surface area contributed by atoms with Gasteiger partial charge in [0.1, 0.15) is 16.3 Å². The number of hydrogen-bond donors (Lipinski definition) is 0. The average Bonchev–Trinajstić information content (AvgIpc) is 3.44. The van der Waals surface area contributed by atoms with Gasteiger partial charge in [0.25, 0.3) is 11.5 Å². The van der Waals surface area contributed by atoms with Crippen molar-refractivity contribution in [1.82, 2.24) is 4.57 Å². The molecule has 11 heteroatoms. The molecule has 43 heavy (non-hydrogen) atoms. The van der Waals surface area contributed by atoms with Gasteiger partial charge >= 0.3 is 5.97 Å². The number of carbonyl (C=O) groups excluding carboxylic acids is 2. The van der Waals surface area contributed by atoms with Crippen molar-refractivity contribution in [2.75, 3.05) is 18.6 Å². The summed E-state index contributed by atoms with van der Waals surface area (Å²) in [6, 6.07) is 19.3. The number of methoxy groups -OCH3 is 1. The number of carbonyl (C=O) groups is 2. The van der Waals surface area contributed by atoms with Gasteiger partial charge in [-0.15, -0.1) is 0 Å². The van der Waals surface area contributed by atoms with E-state index in [4.69, 9.17) is 21.1 Å². The van der Waals surface area contributed by atoms with Gasteiger partial charge in [-0.1, -0.05) is 69.2 Å². The summed E-state index contributed by atoms with van der Waals surface area (Å²) in [6.07, 6.45) is 0. The SMILES string of the molecule is CCOC(=O)C1=C(C)N=c2s/c(=C3/C(=O)N(Cc4ccccc4)c4ccc(Br)cc43)c(=O)n2[C@@H]1c1cc(Cl)ccc1OC. The van der Waals surface area contributed by atoms with Crippen LogP contribution in [0.3, 0.4) is 0 Å². The van der Waals surface area contributed by atoms with E-state index in [0.29, 0.717) is 44.6 Å². The summed E-state index contributed by atoms with van der Waals surface area (Å²) < 4.78 is 13.5. The molecular weight excluding hydrogens is 654 g/mol. The number of fused-ring (bicyclic) bond motifs is 2. The van der Waals surface area contributed by atoms with E-state index in [1.807, 2.05) is 48.5 Å². The van der Waals surface area contributed by atoms with E-state index in [1.165, 1.54) is 11.7 Å². The molecule has 6 rings (SSSR count). The second-order valence-electron chi connectivity index (χ2n) is 9.92. The standard InChI is InChI=1S/C32H25BrClN3O5S/c1-4-42-31(40)25-17(2)35-32-37(27(25)22-15-20(34)11-13-24(22)41-3)30(39)28(43-32)26-21-14-19(33)10-12-23(21)36(29(26)38)16-18-8-6-5-7-9-18/h5-15,27H,4,16H2,1-3H3/b28-26+/t27-/m1/s1. The molecule has 0 unspecified atom stereocenters. The molecule has 8 nitrogen and oxygen atoms in total. The van der Waals surface area contributed by atoms with Gasteiger partial charge in [-0.3, -0.25) is 14.2 Å². The number of rotatable bonds is 6. The van der Waals surface area contributed by atoms with E-state index >= 15 is 0 Å². The predicted octanol–water partition coefficient (Wildman–Crippen LogP) is 5.14. The summed E-state index contributed by atoms with van der Waals surface area (Å²) in [4.78, 5) is 48.6. The molecule has 0 aliphatic carbocycles. The number of aromatic nitrogens is 1. The lowest BCUT2D eigenvalue weighted by Crippen LogP contribution is -2.41. The van der Waals surface area contributed by atoms with Crippen molar-refractivity contribution in [3.8, 4) is 5.75 Å². The molecule has 0 saturated carbocycles. The fourth-order valence-corrected chi connectivity index (χ4v) is 7.18. The molecule has 0 bridgehead atoms.